The minimum absolute atomic E-state index is 0.0347. The Kier molecular flexibility index (Phi) is 5.03. The highest BCUT2D eigenvalue weighted by molar-refractivity contribution is 9.09. The van der Waals surface area contributed by atoms with E-state index in [-0.39, 0.29) is 5.41 Å². The quantitative estimate of drug-likeness (QED) is 0.660. The fraction of sp³-hybridized carbons (Fsp3) is 0.333. The third-order valence-corrected chi connectivity index (χ3v) is 6.42. The average molecular weight is 426 g/mol. The number of hydrogen-bond donors (Lipinski definition) is 0. The topological polar surface area (TPSA) is 18.5 Å². The monoisotopic (exact) mass is 424 g/mol. The lowest BCUT2D eigenvalue weighted by Gasteiger charge is -2.45. The van der Waals surface area contributed by atoms with Crippen LogP contribution in [-0.2, 0) is 15.3 Å². The van der Waals surface area contributed by atoms with Gasteiger partial charge in [-0.05, 0) is 0 Å². The Labute approximate surface area is 148 Å². The van der Waals surface area contributed by atoms with Crippen molar-refractivity contribution >= 4 is 31.9 Å². The molecule has 3 rings (SSSR count). The molecule has 1 saturated heterocycles. The first kappa shape index (κ1) is 16.2. The summed E-state index contributed by atoms with van der Waals surface area (Å²) in [5.74, 6) is -0.823. The van der Waals surface area contributed by atoms with Gasteiger partial charge in [0.05, 0.1) is 13.2 Å². The molecule has 0 atom stereocenters. The number of alkyl halides is 2. The zero-order valence-corrected chi connectivity index (χ0v) is 15.3. The van der Waals surface area contributed by atoms with Crippen LogP contribution in [0.4, 0.5) is 0 Å². The van der Waals surface area contributed by atoms with Crippen LogP contribution < -0.4 is 0 Å². The minimum atomic E-state index is -0.823. The summed E-state index contributed by atoms with van der Waals surface area (Å²) in [7, 11) is 0. The summed E-state index contributed by atoms with van der Waals surface area (Å²) in [4.78, 5) is 0. The van der Waals surface area contributed by atoms with Gasteiger partial charge in [-0.3, -0.25) is 0 Å². The number of halogens is 2. The van der Waals surface area contributed by atoms with Gasteiger partial charge in [0, 0.05) is 27.2 Å². The lowest BCUT2D eigenvalue weighted by molar-refractivity contribution is -0.282. The van der Waals surface area contributed by atoms with Gasteiger partial charge in [-0.1, -0.05) is 92.5 Å². The molecule has 4 heteroatoms. The van der Waals surface area contributed by atoms with E-state index in [1.54, 1.807) is 0 Å². The lowest BCUT2D eigenvalue weighted by Crippen LogP contribution is -2.50. The molecule has 0 radical (unpaired) electrons. The molecule has 2 aromatic carbocycles. The van der Waals surface area contributed by atoms with E-state index in [2.05, 4.69) is 56.1 Å². The molecule has 0 unspecified atom stereocenters. The van der Waals surface area contributed by atoms with E-state index < -0.39 is 5.79 Å². The molecule has 1 fully saturated rings. The van der Waals surface area contributed by atoms with E-state index in [4.69, 9.17) is 9.47 Å². The maximum absolute atomic E-state index is 6.35. The van der Waals surface area contributed by atoms with Crippen LogP contribution in [0.1, 0.15) is 11.1 Å². The largest absolute Gasteiger partial charge is 0.341 e. The van der Waals surface area contributed by atoms with Crippen molar-refractivity contribution in [2.45, 2.75) is 5.79 Å². The third kappa shape index (κ3) is 2.90. The summed E-state index contributed by atoms with van der Waals surface area (Å²) in [6, 6.07) is 20.3. The van der Waals surface area contributed by atoms with Gasteiger partial charge in [0.15, 0.2) is 0 Å². The van der Waals surface area contributed by atoms with Crippen molar-refractivity contribution in [3.8, 4) is 0 Å². The predicted octanol–water partition coefficient (Wildman–Crippen LogP) is 4.71. The summed E-state index contributed by atoms with van der Waals surface area (Å²) in [5.41, 5.74) is 2.02. The first-order valence-electron chi connectivity index (χ1n) is 7.26. The van der Waals surface area contributed by atoms with Gasteiger partial charge in [0.1, 0.15) is 0 Å². The van der Waals surface area contributed by atoms with E-state index >= 15 is 0 Å². The molecule has 22 heavy (non-hydrogen) atoms. The molecular formula is C18H18Br2O2. The second-order valence-corrected chi connectivity index (χ2v) is 6.81. The zero-order chi connectivity index (χ0) is 15.5. The first-order valence-corrected chi connectivity index (χ1v) is 9.50. The highest BCUT2D eigenvalue weighted by atomic mass is 79.9. The van der Waals surface area contributed by atoms with Gasteiger partial charge >= 0.3 is 0 Å². The molecule has 1 aliphatic rings. The Morgan fingerprint density at radius 1 is 0.727 bits per heavy atom. The summed E-state index contributed by atoms with van der Waals surface area (Å²) in [6.45, 7) is 1.26. The minimum Gasteiger partial charge on any atom is -0.341 e. The molecule has 0 N–H and O–H groups in total. The van der Waals surface area contributed by atoms with Gasteiger partial charge < -0.3 is 9.47 Å². The van der Waals surface area contributed by atoms with Crippen LogP contribution in [0.2, 0.25) is 0 Å². The number of benzene rings is 2. The van der Waals surface area contributed by atoms with Crippen molar-refractivity contribution < 1.29 is 9.47 Å². The highest BCUT2D eigenvalue weighted by Crippen LogP contribution is 2.42. The Morgan fingerprint density at radius 2 is 1.14 bits per heavy atom. The van der Waals surface area contributed by atoms with Gasteiger partial charge in [0.25, 0.3) is 0 Å². The van der Waals surface area contributed by atoms with E-state index in [0.29, 0.717) is 13.2 Å². The molecule has 116 valence electrons. The van der Waals surface area contributed by atoms with Crippen molar-refractivity contribution in [3.05, 3.63) is 71.8 Å². The van der Waals surface area contributed by atoms with Crippen LogP contribution in [-0.4, -0.2) is 23.9 Å². The first-order chi connectivity index (χ1) is 10.7. The van der Waals surface area contributed by atoms with Crippen molar-refractivity contribution in [1.29, 1.82) is 0 Å². The predicted molar refractivity (Wildman–Crippen MR) is 95.6 cm³/mol. The standard InChI is InChI=1S/C18H18Br2O2/c19-11-17(12-20)13-21-18(22-14-17,15-7-3-1-4-8-15)16-9-5-2-6-10-16/h1-10H,11-14H2. The molecule has 0 aromatic heterocycles. The van der Waals surface area contributed by atoms with Gasteiger partial charge in [-0.2, -0.15) is 0 Å². The van der Waals surface area contributed by atoms with E-state index in [1.165, 1.54) is 0 Å². The maximum Gasteiger partial charge on any atom is 0.222 e. The van der Waals surface area contributed by atoms with Crippen LogP contribution in [0.3, 0.4) is 0 Å². The number of hydrogen-bond acceptors (Lipinski definition) is 2. The molecule has 0 spiro atoms. The maximum atomic E-state index is 6.35. The van der Waals surface area contributed by atoms with Gasteiger partial charge in [-0.25, -0.2) is 0 Å². The molecule has 2 aromatic rings. The van der Waals surface area contributed by atoms with Crippen LogP contribution in [0.5, 0.6) is 0 Å². The summed E-state index contributed by atoms with van der Waals surface area (Å²) in [6.07, 6.45) is 0. The van der Waals surface area contributed by atoms with Crippen molar-refractivity contribution in [3.63, 3.8) is 0 Å². The molecule has 2 nitrogen and oxygen atoms in total. The molecule has 0 bridgehead atoms. The van der Waals surface area contributed by atoms with Crippen LogP contribution in [0.25, 0.3) is 0 Å². The average Bonchev–Trinajstić information content (AvgIpc) is 2.63. The van der Waals surface area contributed by atoms with Gasteiger partial charge in [-0.15, -0.1) is 0 Å². The van der Waals surface area contributed by atoms with E-state index in [0.717, 1.165) is 21.8 Å². The normalized spacial score (nSPS) is 19.7. The van der Waals surface area contributed by atoms with E-state index in [1.807, 2.05) is 36.4 Å². The lowest BCUT2D eigenvalue weighted by atomic mass is 9.90. The van der Waals surface area contributed by atoms with Crippen molar-refractivity contribution in [2.75, 3.05) is 23.9 Å². The molecule has 1 aliphatic heterocycles. The SMILES string of the molecule is BrCC1(CBr)COC(c2ccccc2)(c2ccccc2)OC1. The fourth-order valence-corrected chi connectivity index (χ4v) is 4.17. The summed E-state index contributed by atoms with van der Waals surface area (Å²) >= 11 is 7.18. The summed E-state index contributed by atoms with van der Waals surface area (Å²) < 4.78 is 12.7. The molecule has 0 saturated carbocycles. The van der Waals surface area contributed by atoms with Crippen LogP contribution >= 0.6 is 31.9 Å². The highest BCUT2D eigenvalue weighted by Gasteiger charge is 2.46. The molecule has 0 aliphatic carbocycles. The van der Waals surface area contributed by atoms with Crippen LogP contribution in [0.15, 0.2) is 60.7 Å². The molecule has 1 heterocycles. The fourth-order valence-electron chi connectivity index (χ4n) is 2.60. The smallest absolute Gasteiger partial charge is 0.222 e. The Balaban J connectivity index is 2.00. The van der Waals surface area contributed by atoms with E-state index in [9.17, 15) is 0 Å². The van der Waals surface area contributed by atoms with Crippen molar-refractivity contribution in [2.24, 2.45) is 5.41 Å². The van der Waals surface area contributed by atoms with Crippen LogP contribution in [0, 0.1) is 5.41 Å². The molecule has 0 amide bonds. The van der Waals surface area contributed by atoms with Crippen molar-refractivity contribution in [1.82, 2.24) is 0 Å². The Morgan fingerprint density at radius 3 is 1.50 bits per heavy atom. The number of ether oxygens (including phenoxy) is 2. The van der Waals surface area contributed by atoms with Gasteiger partial charge in [0.2, 0.25) is 5.79 Å². The number of rotatable bonds is 4. The second kappa shape index (κ2) is 6.83. The zero-order valence-electron chi connectivity index (χ0n) is 12.2. The Hall–Kier alpha value is -0.680. The second-order valence-electron chi connectivity index (χ2n) is 5.69. The third-order valence-electron chi connectivity index (χ3n) is 4.04. The summed E-state index contributed by atoms with van der Waals surface area (Å²) in [5, 5.41) is 1.68. The Bertz CT molecular complexity index is 545. The molecular weight excluding hydrogens is 408 g/mol.